The van der Waals surface area contributed by atoms with Gasteiger partial charge in [0.15, 0.2) is 5.69 Å². The Morgan fingerprint density at radius 3 is 3.00 bits per heavy atom. The van der Waals surface area contributed by atoms with E-state index in [0.717, 1.165) is 19.3 Å². The Bertz CT molecular complexity index is 326. The number of nitrogens with one attached hydrogen (secondary N) is 1. The minimum atomic E-state index is -0.316. The molecule has 1 amide bonds. The predicted octanol–water partition coefficient (Wildman–Crippen LogP) is 1.71. The molecule has 0 aliphatic rings. The Morgan fingerprint density at radius 1 is 1.53 bits per heavy atom. The van der Waals surface area contributed by atoms with Gasteiger partial charge in [-0.3, -0.25) is 4.79 Å². The molecule has 1 aromatic heterocycles. The molecular formula is C11H16N2O2. The number of aromatic nitrogens is 1. The van der Waals surface area contributed by atoms with Crippen LogP contribution < -0.4 is 5.32 Å². The summed E-state index contributed by atoms with van der Waals surface area (Å²) in [7, 11) is 0. The van der Waals surface area contributed by atoms with E-state index in [9.17, 15) is 9.90 Å². The standard InChI is InChI=1S/C11H16N2O2/c1-2-3-4-7-13-11(15)10-9(14)6-5-8-12-10/h5-6,8,14H,2-4,7H2,1H3,(H,13,15). The normalized spacial score (nSPS) is 9.93. The van der Waals surface area contributed by atoms with Crippen LogP contribution in [0.2, 0.25) is 0 Å². The second-order valence-corrected chi connectivity index (χ2v) is 3.33. The van der Waals surface area contributed by atoms with Crippen LogP contribution in [-0.4, -0.2) is 22.5 Å². The third-order valence-electron chi connectivity index (χ3n) is 2.07. The van der Waals surface area contributed by atoms with E-state index in [1.807, 2.05) is 0 Å². The minimum absolute atomic E-state index is 0.0782. The summed E-state index contributed by atoms with van der Waals surface area (Å²) in [6, 6.07) is 3.04. The highest BCUT2D eigenvalue weighted by atomic mass is 16.3. The summed E-state index contributed by atoms with van der Waals surface area (Å²) in [5.41, 5.74) is 0.0917. The van der Waals surface area contributed by atoms with Crippen LogP contribution in [0.15, 0.2) is 18.3 Å². The molecule has 0 fully saturated rings. The van der Waals surface area contributed by atoms with Crippen molar-refractivity contribution in [3.8, 4) is 5.75 Å². The molecule has 0 unspecified atom stereocenters. The lowest BCUT2D eigenvalue weighted by molar-refractivity contribution is 0.0945. The zero-order valence-electron chi connectivity index (χ0n) is 8.86. The van der Waals surface area contributed by atoms with Crippen LogP contribution >= 0.6 is 0 Å². The molecule has 0 spiro atoms. The maximum atomic E-state index is 11.5. The van der Waals surface area contributed by atoms with Gasteiger partial charge in [-0.25, -0.2) is 4.98 Å². The van der Waals surface area contributed by atoms with Crippen LogP contribution in [0.1, 0.15) is 36.7 Å². The molecule has 82 valence electrons. The molecule has 0 aliphatic heterocycles. The number of carbonyl (C=O) groups is 1. The van der Waals surface area contributed by atoms with E-state index in [1.165, 1.54) is 12.3 Å². The lowest BCUT2D eigenvalue weighted by atomic mass is 10.2. The van der Waals surface area contributed by atoms with Gasteiger partial charge in [-0.1, -0.05) is 19.8 Å². The number of carbonyl (C=O) groups excluding carboxylic acids is 1. The molecular weight excluding hydrogens is 192 g/mol. The van der Waals surface area contributed by atoms with Crippen LogP contribution in [-0.2, 0) is 0 Å². The summed E-state index contributed by atoms with van der Waals surface area (Å²) in [5, 5.41) is 12.1. The lowest BCUT2D eigenvalue weighted by Crippen LogP contribution is -2.25. The number of unbranched alkanes of at least 4 members (excludes halogenated alkanes) is 2. The summed E-state index contributed by atoms with van der Waals surface area (Å²) >= 11 is 0. The summed E-state index contributed by atoms with van der Waals surface area (Å²) in [5.74, 6) is -0.394. The number of aromatic hydroxyl groups is 1. The third-order valence-corrected chi connectivity index (χ3v) is 2.07. The Kier molecular flexibility index (Phi) is 4.60. The van der Waals surface area contributed by atoms with Gasteiger partial charge < -0.3 is 10.4 Å². The molecule has 1 aromatic rings. The van der Waals surface area contributed by atoms with Crippen molar-refractivity contribution >= 4 is 5.91 Å². The van der Waals surface area contributed by atoms with Gasteiger partial charge in [0, 0.05) is 12.7 Å². The molecule has 4 nitrogen and oxygen atoms in total. The van der Waals surface area contributed by atoms with E-state index in [-0.39, 0.29) is 17.4 Å². The molecule has 0 bridgehead atoms. The van der Waals surface area contributed by atoms with Gasteiger partial charge in [-0.15, -0.1) is 0 Å². The van der Waals surface area contributed by atoms with Gasteiger partial charge in [-0.2, -0.15) is 0 Å². The fourth-order valence-corrected chi connectivity index (χ4v) is 1.23. The van der Waals surface area contributed by atoms with Crippen LogP contribution in [0.3, 0.4) is 0 Å². The van der Waals surface area contributed by atoms with Crippen molar-refractivity contribution in [3.63, 3.8) is 0 Å². The Labute approximate surface area is 89.3 Å². The molecule has 0 aromatic carbocycles. The number of rotatable bonds is 5. The van der Waals surface area contributed by atoms with Gasteiger partial charge in [-0.05, 0) is 18.6 Å². The van der Waals surface area contributed by atoms with E-state index >= 15 is 0 Å². The highest BCUT2D eigenvalue weighted by Crippen LogP contribution is 2.11. The highest BCUT2D eigenvalue weighted by Gasteiger charge is 2.10. The zero-order chi connectivity index (χ0) is 11.1. The van der Waals surface area contributed by atoms with Crippen LogP contribution in [0.25, 0.3) is 0 Å². The zero-order valence-corrected chi connectivity index (χ0v) is 8.86. The van der Waals surface area contributed by atoms with Crippen LogP contribution in [0, 0.1) is 0 Å². The summed E-state index contributed by atoms with van der Waals surface area (Å²) in [6.45, 7) is 2.73. The number of pyridine rings is 1. The highest BCUT2D eigenvalue weighted by molar-refractivity contribution is 5.94. The van der Waals surface area contributed by atoms with Crippen molar-refractivity contribution in [1.29, 1.82) is 0 Å². The third kappa shape index (κ3) is 3.58. The maximum absolute atomic E-state index is 11.5. The molecule has 0 saturated carbocycles. The van der Waals surface area contributed by atoms with E-state index in [4.69, 9.17) is 0 Å². The predicted molar refractivity (Wildman–Crippen MR) is 57.8 cm³/mol. The van der Waals surface area contributed by atoms with E-state index in [2.05, 4.69) is 17.2 Å². The molecule has 0 atom stereocenters. The quantitative estimate of drug-likeness (QED) is 0.724. The molecule has 1 heterocycles. The fourth-order valence-electron chi connectivity index (χ4n) is 1.23. The summed E-state index contributed by atoms with van der Waals surface area (Å²) in [4.78, 5) is 15.3. The number of nitrogens with zero attached hydrogens (tertiary/aromatic N) is 1. The molecule has 1 rings (SSSR count). The molecule has 15 heavy (non-hydrogen) atoms. The van der Waals surface area contributed by atoms with Gasteiger partial charge >= 0.3 is 0 Å². The van der Waals surface area contributed by atoms with Crippen molar-refractivity contribution in [2.45, 2.75) is 26.2 Å². The summed E-state index contributed by atoms with van der Waals surface area (Å²) < 4.78 is 0. The fraction of sp³-hybridized carbons (Fsp3) is 0.455. The first-order chi connectivity index (χ1) is 7.25. The van der Waals surface area contributed by atoms with Crippen molar-refractivity contribution in [2.24, 2.45) is 0 Å². The molecule has 0 radical (unpaired) electrons. The average Bonchev–Trinajstić information content (AvgIpc) is 2.25. The van der Waals surface area contributed by atoms with Gasteiger partial charge in [0.25, 0.3) is 5.91 Å². The molecule has 0 saturated heterocycles. The molecule has 2 N–H and O–H groups in total. The largest absolute Gasteiger partial charge is 0.505 e. The number of hydrogen-bond donors (Lipinski definition) is 2. The first kappa shape index (κ1) is 11.5. The van der Waals surface area contributed by atoms with Crippen molar-refractivity contribution in [3.05, 3.63) is 24.0 Å². The smallest absolute Gasteiger partial charge is 0.273 e. The Balaban J connectivity index is 2.44. The number of hydrogen-bond acceptors (Lipinski definition) is 3. The van der Waals surface area contributed by atoms with E-state index < -0.39 is 0 Å². The molecule has 0 aliphatic carbocycles. The Hall–Kier alpha value is -1.58. The SMILES string of the molecule is CCCCCNC(=O)c1ncccc1O. The minimum Gasteiger partial charge on any atom is -0.505 e. The lowest BCUT2D eigenvalue weighted by Gasteiger charge is -2.04. The maximum Gasteiger partial charge on any atom is 0.273 e. The van der Waals surface area contributed by atoms with Crippen molar-refractivity contribution in [1.82, 2.24) is 10.3 Å². The topological polar surface area (TPSA) is 62.2 Å². The molecule has 4 heteroatoms. The van der Waals surface area contributed by atoms with Gasteiger partial charge in [0.2, 0.25) is 0 Å². The van der Waals surface area contributed by atoms with E-state index in [0.29, 0.717) is 6.54 Å². The van der Waals surface area contributed by atoms with E-state index in [1.54, 1.807) is 6.07 Å². The number of amides is 1. The summed E-state index contributed by atoms with van der Waals surface area (Å²) in [6.07, 6.45) is 4.65. The second kappa shape index (κ2) is 6.01. The van der Waals surface area contributed by atoms with Crippen molar-refractivity contribution < 1.29 is 9.90 Å². The van der Waals surface area contributed by atoms with Crippen LogP contribution in [0.4, 0.5) is 0 Å². The average molecular weight is 208 g/mol. The second-order valence-electron chi connectivity index (χ2n) is 3.33. The Morgan fingerprint density at radius 2 is 2.33 bits per heavy atom. The van der Waals surface area contributed by atoms with Crippen LogP contribution in [0.5, 0.6) is 5.75 Å². The first-order valence-corrected chi connectivity index (χ1v) is 5.18. The monoisotopic (exact) mass is 208 g/mol. The van der Waals surface area contributed by atoms with Gasteiger partial charge in [0.05, 0.1) is 0 Å². The van der Waals surface area contributed by atoms with Gasteiger partial charge in [0.1, 0.15) is 5.75 Å². The van der Waals surface area contributed by atoms with Crippen molar-refractivity contribution in [2.75, 3.05) is 6.54 Å². The first-order valence-electron chi connectivity index (χ1n) is 5.18.